The van der Waals surface area contributed by atoms with E-state index < -0.39 is 6.43 Å². The van der Waals surface area contributed by atoms with Crippen LogP contribution in [-0.4, -0.2) is 4.98 Å². The third-order valence-electron chi connectivity index (χ3n) is 1.58. The van der Waals surface area contributed by atoms with Crippen molar-refractivity contribution in [2.24, 2.45) is 0 Å². The Bertz CT molecular complexity index is 390. The molecule has 0 amide bonds. The van der Waals surface area contributed by atoms with Gasteiger partial charge in [0.05, 0.1) is 18.1 Å². The van der Waals surface area contributed by atoms with Crippen LogP contribution >= 0.6 is 38.5 Å². The van der Waals surface area contributed by atoms with E-state index in [0.29, 0.717) is 9.26 Å². The molecule has 1 aromatic heterocycles. The Labute approximate surface area is 102 Å². The Morgan fingerprint density at radius 3 is 2.79 bits per heavy atom. The lowest BCUT2D eigenvalue weighted by molar-refractivity contribution is 0.150. The molecule has 0 atom stereocenters. The molecule has 1 aromatic rings. The summed E-state index contributed by atoms with van der Waals surface area (Å²) in [5, 5.41) is 8.51. The van der Waals surface area contributed by atoms with E-state index in [1.807, 2.05) is 28.7 Å². The fourth-order valence-electron chi connectivity index (χ4n) is 0.907. The molecule has 0 aromatic carbocycles. The first-order valence-corrected chi connectivity index (χ1v) is 5.43. The Morgan fingerprint density at radius 2 is 2.29 bits per heavy atom. The van der Waals surface area contributed by atoms with Crippen molar-refractivity contribution < 1.29 is 8.78 Å². The van der Waals surface area contributed by atoms with Crippen molar-refractivity contribution in [2.45, 2.75) is 12.8 Å². The van der Waals surface area contributed by atoms with Gasteiger partial charge >= 0.3 is 0 Å². The van der Waals surface area contributed by atoms with E-state index in [1.165, 1.54) is 0 Å². The summed E-state index contributed by atoms with van der Waals surface area (Å²) in [6, 6.07) is 1.91. The minimum atomic E-state index is -2.58. The van der Waals surface area contributed by atoms with Crippen LogP contribution in [0.25, 0.3) is 0 Å². The summed E-state index contributed by atoms with van der Waals surface area (Å²) in [7, 11) is 0. The molecule has 74 valence electrons. The Hall–Kier alpha value is -0.290. The van der Waals surface area contributed by atoms with Gasteiger partial charge in [-0.3, -0.25) is 0 Å². The lowest BCUT2D eigenvalue weighted by Gasteiger charge is -2.07. The van der Waals surface area contributed by atoms with E-state index in [9.17, 15) is 8.78 Å². The van der Waals surface area contributed by atoms with E-state index in [0.717, 1.165) is 6.20 Å². The summed E-state index contributed by atoms with van der Waals surface area (Å²) in [5.41, 5.74) is 0.349. The van der Waals surface area contributed by atoms with Crippen LogP contribution in [0.2, 0.25) is 0 Å². The number of halogens is 4. The number of alkyl halides is 2. The second-order valence-corrected chi connectivity index (χ2v) is 4.25. The summed E-state index contributed by atoms with van der Waals surface area (Å²) >= 11 is 4.97. The quantitative estimate of drug-likeness (QED) is 0.589. The van der Waals surface area contributed by atoms with Crippen LogP contribution in [-0.2, 0) is 6.42 Å². The maximum absolute atomic E-state index is 12.4. The van der Waals surface area contributed by atoms with Gasteiger partial charge in [0.1, 0.15) is 3.70 Å². The standard InChI is InChI=1S/C8H4BrF2IN2/c9-6-4(1-2-13)8(12)14-3-5(6)7(10)11/h3,7H,1H2. The zero-order valence-electron chi connectivity index (χ0n) is 6.77. The largest absolute Gasteiger partial charge is 0.266 e. The second-order valence-electron chi connectivity index (χ2n) is 2.43. The predicted molar refractivity (Wildman–Crippen MR) is 58.9 cm³/mol. The monoisotopic (exact) mass is 372 g/mol. The van der Waals surface area contributed by atoms with Crippen LogP contribution in [0, 0.1) is 15.0 Å². The highest BCUT2D eigenvalue weighted by molar-refractivity contribution is 14.1. The summed E-state index contributed by atoms with van der Waals surface area (Å²) in [6.07, 6.45) is -1.38. The van der Waals surface area contributed by atoms with Gasteiger partial charge in [-0.25, -0.2) is 13.8 Å². The third kappa shape index (κ3) is 2.39. The van der Waals surface area contributed by atoms with Crippen molar-refractivity contribution in [3.05, 3.63) is 25.5 Å². The Balaban J connectivity index is 3.27. The van der Waals surface area contributed by atoms with E-state index in [2.05, 4.69) is 20.9 Å². The molecule has 1 rings (SSSR count). The van der Waals surface area contributed by atoms with Gasteiger partial charge in [0.15, 0.2) is 0 Å². The van der Waals surface area contributed by atoms with Gasteiger partial charge in [-0.05, 0) is 38.5 Å². The first-order valence-electron chi connectivity index (χ1n) is 3.55. The van der Waals surface area contributed by atoms with Crippen LogP contribution in [0.15, 0.2) is 10.7 Å². The zero-order valence-corrected chi connectivity index (χ0v) is 10.5. The van der Waals surface area contributed by atoms with Crippen LogP contribution in [0.4, 0.5) is 8.78 Å². The van der Waals surface area contributed by atoms with Crippen molar-refractivity contribution in [1.29, 1.82) is 5.26 Å². The number of hydrogen-bond donors (Lipinski definition) is 0. The summed E-state index contributed by atoms with van der Waals surface area (Å²) in [4.78, 5) is 3.81. The molecular formula is C8H4BrF2IN2. The van der Waals surface area contributed by atoms with Gasteiger partial charge in [-0.15, -0.1) is 0 Å². The molecule has 6 heteroatoms. The zero-order chi connectivity index (χ0) is 10.7. The van der Waals surface area contributed by atoms with Gasteiger partial charge in [0.2, 0.25) is 0 Å². The maximum atomic E-state index is 12.4. The molecule has 0 saturated heterocycles. The van der Waals surface area contributed by atoms with Crippen LogP contribution in [0.1, 0.15) is 17.6 Å². The average Bonchev–Trinajstić information content (AvgIpc) is 2.11. The molecule has 0 spiro atoms. The highest BCUT2D eigenvalue weighted by Crippen LogP contribution is 2.31. The first-order chi connectivity index (χ1) is 6.57. The number of pyridine rings is 1. The molecule has 0 aliphatic carbocycles. The fourth-order valence-corrected chi connectivity index (χ4v) is 2.48. The van der Waals surface area contributed by atoms with E-state index in [1.54, 1.807) is 0 Å². The number of rotatable bonds is 2. The SMILES string of the molecule is N#CCc1c(I)ncc(C(F)F)c1Br. The molecule has 0 bridgehead atoms. The highest BCUT2D eigenvalue weighted by Gasteiger charge is 2.17. The number of nitriles is 1. The second kappa shape index (κ2) is 4.98. The van der Waals surface area contributed by atoms with Gasteiger partial charge in [-0.2, -0.15) is 5.26 Å². The lowest BCUT2D eigenvalue weighted by Crippen LogP contribution is -1.98. The van der Waals surface area contributed by atoms with Gasteiger partial charge < -0.3 is 0 Å². The minimum absolute atomic E-state index is 0.0758. The summed E-state index contributed by atoms with van der Waals surface area (Å²) in [6.45, 7) is 0. The molecule has 0 aliphatic heterocycles. The summed E-state index contributed by atoms with van der Waals surface area (Å²) < 4.78 is 25.7. The fraction of sp³-hybridized carbons (Fsp3) is 0.250. The van der Waals surface area contributed by atoms with Crippen molar-refractivity contribution in [1.82, 2.24) is 4.98 Å². The molecule has 0 radical (unpaired) electrons. The molecule has 0 unspecified atom stereocenters. The Morgan fingerprint density at radius 1 is 1.64 bits per heavy atom. The number of aromatic nitrogens is 1. The molecule has 0 N–H and O–H groups in total. The third-order valence-corrected chi connectivity index (χ3v) is 3.44. The number of hydrogen-bond acceptors (Lipinski definition) is 2. The average molecular weight is 373 g/mol. The summed E-state index contributed by atoms with van der Waals surface area (Å²) in [5.74, 6) is 0. The normalized spacial score (nSPS) is 10.3. The minimum Gasteiger partial charge on any atom is -0.249 e. The van der Waals surface area contributed by atoms with Crippen molar-refractivity contribution in [3.63, 3.8) is 0 Å². The molecule has 14 heavy (non-hydrogen) atoms. The van der Waals surface area contributed by atoms with Crippen LogP contribution in [0.3, 0.4) is 0 Å². The van der Waals surface area contributed by atoms with Crippen LogP contribution < -0.4 is 0 Å². The first kappa shape index (κ1) is 11.8. The van der Waals surface area contributed by atoms with Gasteiger partial charge in [0.25, 0.3) is 6.43 Å². The molecule has 0 aliphatic rings. The van der Waals surface area contributed by atoms with E-state index in [4.69, 9.17) is 5.26 Å². The Kier molecular flexibility index (Phi) is 4.19. The van der Waals surface area contributed by atoms with Crippen molar-refractivity contribution in [2.75, 3.05) is 0 Å². The van der Waals surface area contributed by atoms with E-state index >= 15 is 0 Å². The molecule has 0 fully saturated rings. The molecule has 0 saturated carbocycles. The predicted octanol–water partition coefficient (Wildman–Crippen LogP) is 3.45. The number of nitrogens with zero attached hydrogens (tertiary/aromatic N) is 2. The van der Waals surface area contributed by atoms with Crippen molar-refractivity contribution in [3.8, 4) is 6.07 Å². The lowest BCUT2D eigenvalue weighted by atomic mass is 10.2. The van der Waals surface area contributed by atoms with Crippen molar-refractivity contribution >= 4 is 38.5 Å². The topological polar surface area (TPSA) is 36.7 Å². The highest BCUT2D eigenvalue weighted by atomic mass is 127. The van der Waals surface area contributed by atoms with Crippen LogP contribution in [0.5, 0.6) is 0 Å². The maximum Gasteiger partial charge on any atom is 0.266 e. The molecular weight excluding hydrogens is 369 g/mol. The molecule has 1 heterocycles. The van der Waals surface area contributed by atoms with Gasteiger partial charge in [0, 0.05) is 16.2 Å². The van der Waals surface area contributed by atoms with Gasteiger partial charge in [-0.1, -0.05) is 0 Å². The molecule has 2 nitrogen and oxygen atoms in total. The smallest absolute Gasteiger partial charge is 0.249 e. The van der Waals surface area contributed by atoms with E-state index in [-0.39, 0.29) is 16.5 Å².